The number of Topliss-reactive ketones (excluding diaryl/α,β-unsaturated/α-hetero) is 1. The molecule has 10 atom stereocenters. The van der Waals surface area contributed by atoms with E-state index in [-0.39, 0.29) is 64.1 Å². The van der Waals surface area contributed by atoms with Gasteiger partial charge in [-0.2, -0.15) is 0 Å². The number of fused-ring (bicyclic) bond motifs is 6. The van der Waals surface area contributed by atoms with Crippen molar-refractivity contribution in [1.82, 2.24) is 40.8 Å². The highest BCUT2D eigenvalue weighted by atomic mass is 33.1. The highest BCUT2D eigenvalue weighted by Crippen LogP contribution is 2.67. The van der Waals surface area contributed by atoms with Gasteiger partial charge in [-0.15, -0.1) is 0 Å². The number of aromatic nitrogens is 1. The molecule has 9 rings (SSSR count). The number of ether oxygens (including phenoxy) is 3. The summed E-state index contributed by atoms with van der Waals surface area (Å²) < 4.78 is 17.9. The van der Waals surface area contributed by atoms with Crippen molar-refractivity contribution in [2.24, 2.45) is 11.3 Å². The number of piperidine rings is 1. The average molecular weight is 1230 g/mol. The van der Waals surface area contributed by atoms with Crippen LogP contribution in [0.3, 0.4) is 0 Å². The van der Waals surface area contributed by atoms with Gasteiger partial charge in [-0.3, -0.25) is 53.8 Å². The standard InChI is InChI=1S/C60H83N9O15S2/c1-6-39(71)31-66(33-48(73)74)21-22-67(34-49(75)76)32-47(72)61-17-24-85-86-25-23-84-55(79)64-63-54(78)60(81)52-59(16-20-69-18-11-15-57(8-3,51(59)69)53(60)77)42-26-43(46(82-5)27-45(42)65(52)4)58(36-83-37-70)29-38-28-56(80,7-2)35-68(30-38)19-14-41-40-12-9-10-13-44(40)62-50(41)58/h9-13,15,26-27,37-38,51-53,62,77,80-81H,6-8,14,16-25,28-36H2,1-5H3,(H,61,72)(H,63,78)(H,64,79)(H,73,74)(H,75,76)/t38-,51+,52-,53-,56+,57-,58+,59-,60+/m1/s1. The molecule has 2 saturated heterocycles. The molecule has 5 aliphatic heterocycles. The second-order valence-electron chi connectivity index (χ2n) is 24.0. The first-order chi connectivity index (χ1) is 41.2. The lowest BCUT2D eigenvalue weighted by molar-refractivity contribution is -0.204. The Labute approximate surface area is 508 Å². The zero-order chi connectivity index (χ0) is 61.8. The van der Waals surface area contributed by atoms with E-state index in [0.29, 0.717) is 94.1 Å². The number of ketones is 1. The molecule has 1 aliphatic carbocycles. The van der Waals surface area contributed by atoms with Crippen LogP contribution in [0.1, 0.15) is 81.7 Å². The van der Waals surface area contributed by atoms with E-state index in [1.165, 1.54) is 31.4 Å². The van der Waals surface area contributed by atoms with Gasteiger partial charge in [-0.05, 0) is 74.2 Å². The van der Waals surface area contributed by atoms with E-state index in [1.807, 2.05) is 55.2 Å². The zero-order valence-corrected chi connectivity index (χ0v) is 51.3. The van der Waals surface area contributed by atoms with Gasteiger partial charge < -0.3 is 54.9 Å². The van der Waals surface area contributed by atoms with Crippen LogP contribution < -0.4 is 25.8 Å². The molecule has 1 unspecified atom stereocenters. The predicted octanol–water partition coefficient (Wildman–Crippen LogP) is 2.25. The van der Waals surface area contributed by atoms with Crippen molar-refractivity contribution in [1.29, 1.82) is 0 Å². The average Bonchev–Trinajstić information content (AvgIpc) is 1.45. The van der Waals surface area contributed by atoms with Gasteiger partial charge in [0.15, 0.2) is 5.60 Å². The Hall–Kier alpha value is -5.97. The Bertz CT molecular complexity index is 3060. The molecule has 9 N–H and O–H groups in total. The number of rotatable bonds is 27. The number of anilines is 1. The number of nitrogens with one attached hydrogen (secondary N) is 4. The number of aliphatic hydroxyl groups excluding tert-OH is 1. The number of nitrogens with zero attached hydrogens (tertiary/aromatic N) is 5. The number of methoxy groups -OCH3 is 1. The number of para-hydroxylation sites is 1. The molecule has 24 nitrogen and oxygen atoms in total. The molecule has 3 fully saturated rings. The second-order valence-corrected chi connectivity index (χ2v) is 26.7. The number of H-pyrrole nitrogens is 1. The third-order valence-corrected chi connectivity index (χ3v) is 21.5. The summed E-state index contributed by atoms with van der Waals surface area (Å²) >= 11 is 0. The largest absolute Gasteiger partial charge is 0.496 e. The molecule has 0 radical (unpaired) electrons. The Morgan fingerprint density at radius 1 is 0.895 bits per heavy atom. The summed E-state index contributed by atoms with van der Waals surface area (Å²) in [6, 6.07) is 10.7. The van der Waals surface area contributed by atoms with E-state index >= 15 is 4.79 Å². The van der Waals surface area contributed by atoms with Gasteiger partial charge in [-0.1, -0.05) is 72.7 Å². The molecule has 470 valence electrons. The fourth-order valence-electron chi connectivity index (χ4n) is 15.6. The zero-order valence-electron chi connectivity index (χ0n) is 49.6. The summed E-state index contributed by atoms with van der Waals surface area (Å²) in [6.45, 7) is 8.16. The van der Waals surface area contributed by atoms with Crippen LogP contribution in [0, 0.1) is 11.3 Å². The second kappa shape index (κ2) is 26.8. The number of aromatic amines is 1. The van der Waals surface area contributed by atoms with Crippen LogP contribution in [-0.4, -0.2) is 239 Å². The van der Waals surface area contributed by atoms with Gasteiger partial charge in [0.05, 0.1) is 50.3 Å². The van der Waals surface area contributed by atoms with Gasteiger partial charge in [0.25, 0.3) is 12.4 Å². The number of aliphatic hydroxyl groups is 3. The van der Waals surface area contributed by atoms with E-state index in [0.717, 1.165) is 39.8 Å². The first-order valence-electron chi connectivity index (χ1n) is 29.7. The van der Waals surface area contributed by atoms with Gasteiger partial charge in [0, 0.05) is 122 Å². The van der Waals surface area contributed by atoms with Crippen molar-refractivity contribution < 1.29 is 73.3 Å². The van der Waals surface area contributed by atoms with Crippen LogP contribution in [-0.2, 0) is 55.5 Å². The molecule has 2 bridgehead atoms. The number of carbonyl (C=O) groups is 7. The molecule has 6 heterocycles. The van der Waals surface area contributed by atoms with Crippen LogP contribution in [0.25, 0.3) is 10.9 Å². The number of carboxylic acid groups (broad SMARTS) is 2. The van der Waals surface area contributed by atoms with Crippen molar-refractivity contribution in [3.05, 3.63) is 70.9 Å². The third-order valence-electron chi connectivity index (χ3n) is 19.1. The van der Waals surface area contributed by atoms with E-state index in [9.17, 15) is 54.3 Å². The maximum Gasteiger partial charge on any atom is 0.426 e. The minimum absolute atomic E-state index is 0.0419. The fraction of sp³-hybridized carbons (Fsp3) is 0.617. The Morgan fingerprint density at radius 2 is 1.63 bits per heavy atom. The highest BCUT2D eigenvalue weighted by Gasteiger charge is 2.79. The van der Waals surface area contributed by atoms with Crippen molar-refractivity contribution in [2.75, 3.05) is 122 Å². The number of carboxylic acids is 2. The first-order valence-corrected chi connectivity index (χ1v) is 32.2. The van der Waals surface area contributed by atoms with E-state index < -0.39 is 88.6 Å². The quantitative estimate of drug-likeness (QED) is 0.0174. The van der Waals surface area contributed by atoms with Gasteiger partial charge in [0.2, 0.25) is 5.91 Å². The first kappa shape index (κ1) is 64.5. The maximum atomic E-state index is 15.1. The van der Waals surface area contributed by atoms with E-state index in [4.69, 9.17) is 14.2 Å². The summed E-state index contributed by atoms with van der Waals surface area (Å²) in [5.74, 6) is -2.76. The number of benzene rings is 2. The number of aliphatic carboxylic acids is 2. The van der Waals surface area contributed by atoms with Gasteiger partial charge >= 0.3 is 18.0 Å². The normalized spacial score (nSPS) is 29.0. The van der Waals surface area contributed by atoms with Crippen molar-refractivity contribution in [2.45, 2.75) is 106 Å². The molecule has 1 saturated carbocycles. The molecule has 2 aromatic carbocycles. The predicted molar refractivity (Wildman–Crippen MR) is 323 cm³/mol. The van der Waals surface area contributed by atoms with Crippen LogP contribution in [0.4, 0.5) is 10.5 Å². The SMILES string of the molecule is CCC(=O)CN(CCN(CC(=O)O)CC(=O)NCCSSCCOC(=O)NNC(=O)[C@@]1(O)[C@H](O)[C@]2(CC)C=CCN3CC[C@@]4(c5cc([C@@]6(COC=O)C[C@@H]7CN(CCc8c6[nH]c6ccccc86)C[C@](O)(CC)C7)c(OC)cc5N(C)[C@@H]14)[C@@H]32)CC(=O)O. The lowest BCUT2D eigenvalue weighted by Gasteiger charge is -2.63. The summed E-state index contributed by atoms with van der Waals surface area (Å²) in [5, 5.41) is 61.1. The molecular weight excluding hydrogens is 1150 g/mol. The highest BCUT2D eigenvalue weighted by molar-refractivity contribution is 8.76. The lowest BCUT2D eigenvalue weighted by atomic mass is 9.47. The lowest BCUT2D eigenvalue weighted by Crippen LogP contribution is -2.82. The Balaban J connectivity index is 0.915. The summed E-state index contributed by atoms with van der Waals surface area (Å²) in [6.07, 6.45) is 4.50. The van der Waals surface area contributed by atoms with E-state index in [1.54, 1.807) is 21.1 Å². The van der Waals surface area contributed by atoms with Gasteiger partial charge in [-0.25, -0.2) is 10.2 Å². The summed E-state index contributed by atoms with van der Waals surface area (Å²) in [4.78, 5) is 102. The molecule has 86 heavy (non-hydrogen) atoms. The molecule has 1 spiro atoms. The molecule has 6 aliphatic rings. The molecule has 3 aromatic rings. The van der Waals surface area contributed by atoms with Crippen molar-refractivity contribution in [3.63, 3.8) is 0 Å². The number of likely N-dealkylation sites (N-methyl/N-ethyl adjacent to an activating group) is 1. The summed E-state index contributed by atoms with van der Waals surface area (Å²) in [7, 11) is 6.13. The van der Waals surface area contributed by atoms with Crippen LogP contribution in [0.15, 0.2) is 48.6 Å². The topological polar surface area (TPSA) is 316 Å². The number of amides is 3. The summed E-state index contributed by atoms with van der Waals surface area (Å²) in [5.41, 5.74) is 3.12. The van der Waals surface area contributed by atoms with Crippen LogP contribution in [0.2, 0.25) is 0 Å². The van der Waals surface area contributed by atoms with Crippen molar-refractivity contribution in [3.8, 4) is 5.75 Å². The fourth-order valence-corrected chi connectivity index (χ4v) is 17.3. The third kappa shape index (κ3) is 12.3. The van der Waals surface area contributed by atoms with Gasteiger partial charge in [0.1, 0.15) is 30.9 Å². The van der Waals surface area contributed by atoms with E-state index in [2.05, 4.69) is 43.1 Å². The molecule has 26 heteroatoms. The molecule has 3 amide bonds. The number of hydrogen-bond donors (Lipinski definition) is 9. The smallest absolute Gasteiger partial charge is 0.426 e. The number of hydrazine groups is 1. The van der Waals surface area contributed by atoms with Crippen molar-refractivity contribution >= 4 is 80.3 Å². The maximum absolute atomic E-state index is 15.1. The number of carbonyl (C=O) groups excluding carboxylic acids is 5. The van der Waals surface area contributed by atoms with Crippen LogP contribution in [0.5, 0.6) is 5.75 Å². The minimum Gasteiger partial charge on any atom is -0.496 e. The van der Waals surface area contributed by atoms with Crippen LogP contribution >= 0.6 is 21.6 Å². The monoisotopic (exact) mass is 1230 g/mol. The number of hydrogen-bond acceptors (Lipinski definition) is 20. The molecular formula is C60H83N9O15S2. The Kier molecular flexibility index (Phi) is 20.1. The minimum atomic E-state index is -2.56. The molecule has 1 aromatic heterocycles. The Morgan fingerprint density at radius 3 is 2.33 bits per heavy atom.